The fourth-order valence-electron chi connectivity index (χ4n) is 4.31. The number of ether oxygens (including phenoxy) is 3. The molecule has 3 rings (SSSR count). The van der Waals surface area contributed by atoms with Gasteiger partial charge in [-0.2, -0.15) is 0 Å². The van der Waals surface area contributed by atoms with Gasteiger partial charge in [-0.1, -0.05) is 12.5 Å². The molecule has 1 saturated heterocycles. The Morgan fingerprint density at radius 1 is 1.02 bits per heavy atom. The fraction of sp³-hybridized carbons (Fsp3) is 0.500. The van der Waals surface area contributed by atoms with E-state index in [0.29, 0.717) is 31.4 Å². The van der Waals surface area contributed by atoms with Gasteiger partial charge in [-0.15, -0.1) is 0 Å². The Kier molecular flexibility index (Phi) is 12.0. The summed E-state index contributed by atoms with van der Waals surface area (Å²) in [5.74, 6) is -3.12. The van der Waals surface area contributed by atoms with Crippen molar-refractivity contribution in [2.24, 2.45) is 0 Å². The van der Waals surface area contributed by atoms with Crippen LogP contribution in [0.15, 0.2) is 30.4 Å². The van der Waals surface area contributed by atoms with Gasteiger partial charge in [0, 0.05) is 58.0 Å². The van der Waals surface area contributed by atoms with E-state index < -0.39 is 36.3 Å². The summed E-state index contributed by atoms with van der Waals surface area (Å²) in [6.07, 6.45) is 1.08. The van der Waals surface area contributed by atoms with Gasteiger partial charge in [0.05, 0.1) is 11.7 Å². The molecule has 1 aromatic rings. The molecule has 3 atom stereocenters. The SMILES string of the molecule is CC(=O)OCc1ccc(OC2CC(O)CC(C(=O)O)O2)c(C(=O)NCCNC(=O)CCCCCN2C(=O)C=CC2=O)c1. The number of nitrogens with one attached hydrogen (secondary N) is 2. The van der Waals surface area contributed by atoms with Crippen molar-refractivity contribution in [3.63, 3.8) is 0 Å². The van der Waals surface area contributed by atoms with Gasteiger partial charge in [0.2, 0.25) is 12.2 Å². The average molecular weight is 590 g/mol. The molecular formula is C28H35N3O11. The minimum Gasteiger partial charge on any atom is -0.479 e. The number of carbonyl (C=O) groups is 6. The second kappa shape index (κ2) is 15.6. The van der Waals surface area contributed by atoms with E-state index in [-0.39, 0.29) is 68.0 Å². The first kappa shape index (κ1) is 32.2. The van der Waals surface area contributed by atoms with Crippen LogP contribution in [0.4, 0.5) is 0 Å². The van der Waals surface area contributed by atoms with Crippen molar-refractivity contribution in [1.29, 1.82) is 0 Å². The molecule has 0 aliphatic carbocycles. The molecule has 14 heteroatoms. The third kappa shape index (κ3) is 9.96. The normalized spacial score (nSPS) is 19.9. The van der Waals surface area contributed by atoms with Gasteiger partial charge in [-0.3, -0.25) is 28.9 Å². The predicted molar refractivity (Wildman–Crippen MR) is 144 cm³/mol. The van der Waals surface area contributed by atoms with Crippen molar-refractivity contribution in [2.45, 2.75) is 70.6 Å². The van der Waals surface area contributed by atoms with Crippen LogP contribution < -0.4 is 15.4 Å². The summed E-state index contributed by atoms with van der Waals surface area (Å²) in [5.41, 5.74) is 0.561. The Balaban J connectivity index is 1.47. The number of amides is 4. The van der Waals surface area contributed by atoms with E-state index in [0.717, 1.165) is 4.90 Å². The summed E-state index contributed by atoms with van der Waals surface area (Å²) in [4.78, 5) is 71.9. The van der Waals surface area contributed by atoms with E-state index in [1.807, 2.05) is 0 Å². The molecule has 0 saturated carbocycles. The molecule has 14 nitrogen and oxygen atoms in total. The highest BCUT2D eigenvalue weighted by Gasteiger charge is 2.34. The molecule has 0 radical (unpaired) electrons. The first-order valence-electron chi connectivity index (χ1n) is 13.6. The molecule has 2 aliphatic rings. The number of nitrogens with zero attached hydrogens (tertiary/aromatic N) is 1. The summed E-state index contributed by atoms with van der Waals surface area (Å²) >= 11 is 0. The Hall–Kier alpha value is -4.30. The van der Waals surface area contributed by atoms with Gasteiger partial charge in [-0.25, -0.2) is 4.79 Å². The molecule has 0 bridgehead atoms. The number of aliphatic carboxylic acids is 1. The van der Waals surface area contributed by atoms with Crippen molar-refractivity contribution in [3.05, 3.63) is 41.5 Å². The lowest BCUT2D eigenvalue weighted by Gasteiger charge is -2.31. The maximum atomic E-state index is 13.0. The van der Waals surface area contributed by atoms with E-state index in [9.17, 15) is 39.0 Å². The summed E-state index contributed by atoms with van der Waals surface area (Å²) < 4.78 is 16.2. The molecule has 3 unspecified atom stereocenters. The number of carboxylic acid groups (broad SMARTS) is 1. The summed E-state index contributed by atoms with van der Waals surface area (Å²) in [6, 6.07) is 4.49. The number of aliphatic hydroxyl groups excluding tert-OH is 1. The number of unbranched alkanes of at least 4 members (excludes halogenated alkanes) is 2. The van der Waals surface area contributed by atoms with Crippen LogP contribution in [0.1, 0.15) is 61.4 Å². The average Bonchev–Trinajstić information content (AvgIpc) is 3.26. The zero-order valence-corrected chi connectivity index (χ0v) is 23.2. The third-order valence-corrected chi connectivity index (χ3v) is 6.45. The lowest BCUT2D eigenvalue weighted by Crippen LogP contribution is -2.42. The van der Waals surface area contributed by atoms with Gasteiger partial charge < -0.3 is 35.1 Å². The van der Waals surface area contributed by atoms with Crippen LogP contribution in [0.25, 0.3) is 0 Å². The number of hydrogen-bond donors (Lipinski definition) is 4. The number of carbonyl (C=O) groups excluding carboxylic acids is 5. The van der Waals surface area contributed by atoms with E-state index >= 15 is 0 Å². The zero-order chi connectivity index (χ0) is 30.6. The van der Waals surface area contributed by atoms with Crippen molar-refractivity contribution >= 4 is 35.6 Å². The maximum absolute atomic E-state index is 13.0. The van der Waals surface area contributed by atoms with Gasteiger partial charge >= 0.3 is 11.9 Å². The third-order valence-electron chi connectivity index (χ3n) is 6.45. The van der Waals surface area contributed by atoms with Crippen molar-refractivity contribution in [3.8, 4) is 5.75 Å². The number of imide groups is 1. The molecule has 42 heavy (non-hydrogen) atoms. The number of esters is 1. The first-order valence-corrected chi connectivity index (χ1v) is 13.6. The topological polar surface area (TPSA) is 198 Å². The van der Waals surface area contributed by atoms with Crippen molar-refractivity contribution < 1.29 is 53.2 Å². The maximum Gasteiger partial charge on any atom is 0.333 e. The molecule has 4 N–H and O–H groups in total. The lowest BCUT2D eigenvalue weighted by molar-refractivity contribution is -0.195. The van der Waals surface area contributed by atoms with Crippen LogP contribution >= 0.6 is 0 Å². The molecule has 2 heterocycles. The number of carboxylic acids is 1. The summed E-state index contributed by atoms with van der Waals surface area (Å²) in [6.45, 7) is 1.70. The van der Waals surface area contributed by atoms with Gasteiger partial charge in [-0.05, 0) is 30.5 Å². The standard InChI is InChI=1S/C28H35N3O11/c1-17(32)40-16-18-6-7-21(41-26-15-19(33)14-22(42-26)28(38)39)20(13-18)27(37)30-11-10-29-23(34)5-3-2-4-12-31-24(35)8-9-25(31)36/h6-9,13,19,22,26,33H,2-5,10-12,14-16H2,1H3,(H,29,34)(H,30,37)(H,38,39). The van der Waals surface area contributed by atoms with Crippen LogP contribution in [-0.2, 0) is 40.1 Å². The highest BCUT2D eigenvalue weighted by molar-refractivity contribution is 6.12. The van der Waals surface area contributed by atoms with Crippen LogP contribution in [-0.4, -0.2) is 88.8 Å². The van der Waals surface area contributed by atoms with Crippen molar-refractivity contribution in [2.75, 3.05) is 19.6 Å². The zero-order valence-electron chi connectivity index (χ0n) is 23.2. The summed E-state index contributed by atoms with van der Waals surface area (Å²) in [7, 11) is 0. The summed E-state index contributed by atoms with van der Waals surface area (Å²) in [5, 5.41) is 24.7. The van der Waals surface area contributed by atoms with Crippen LogP contribution in [0, 0.1) is 0 Å². The van der Waals surface area contributed by atoms with Gasteiger partial charge in [0.25, 0.3) is 17.7 Å². The highest BCUT2D eigenvalue weighted by atomic mass is 16.7. The number of benzene rings is 1. The quantitative estimate of drug-likeness (QED) is 0.126. The first-order chi connectivity index (χ1) is 20.0. The monoisotopic (exact) mass is 589 g/mol. The number of aliphatic hydroxyl groups is 1. The van der Waals surface area contributed by atoms with Crippen LogP contribution in [0.5, 0.6) is 5.75 Å². The fourth-order valence-corrected chi connectivity index (χ4v) is 4.31. The predicted octanol–water partition coefficient (Wildman–Crippen LogP) is 0.411. The second-order valence-corrected chi connectivity index (χ2v) is 9.82. The molecule has 1 fully saturated rings. The minimum absolute atomic E-state index is 0.00220. The van der Waals surface area contributed by atoms with Gasteiger partial charge in [0.15, 0.2) is 6.10 Å². The van der Waals surface area contributed by atoms with E-state index in [1.54, 1.807) is 6.07 Å². The van der Waals surface area contributed by atoms with Crippen LogP contribution in [0.2, 0.25) is 0 Å². The Morgan fingerprint density at radius 2 is 1.74 bits per heavy atom. The van der Waals surface area contributed by atoms with Gasteiger partial charge in [0.1, 0.15) is 12.4 Å². The smallest absolute Gasteiger partial charge is 0.333 e. The highest BCUT2D eigenvalue weighted by Crippen LogP contribution is 2.27. The Morgan fingerprint density at radius 3 is 2.43 bits per heavy atom. The molecule has 228 valence electrons. The second-order valence-electron chi connectivity index (χ2n) is 9.82. The molecule has 0 spiro atoms. The van der Waals surface area contributed by atoms with E-state index in [4.69, 9.17) is 14.2 Å². The Labute approximate surface area is 242 Å². The molecule has 4 amide bonds. The van der Waals surface area contributed by atoms with E-state index in [2.05, 4.69) is 10.6 Å². The molecule has 1 aromatic carbocycles. The molecule has 0 aromatic heterocycles. The van der Waals surface area contributed by atoms with Crippen LogP contribution in [0.3, 0.4) is 0 Å². The largest absolute Gasteiger partial charge is 0.479 e. The molecular weight excluding hydrogens is 554 g/mol. The number of hydrogen-bond acceptors (Lipinski definition) is 10. The van der Waals surface area contributed by atoms with Crippen molar-refractivity contribution in [1.82, 2.24) is 15.5 Å². The minimum atomic E-state index is -1.27. The lowest BCUT2D eigenvalue weighted by atomic mass is 10.0. The number of rotatable bonds is 15. The van der Waals surface area contributed by atoms with E-state index in [1.165, 1.54) is 31.2 Å². The molecule has 2 aliphatic heterocycles. The Bertz CT molecular complexity index is 1200.